The first-order valence-corrected chi connectivity index (χ1v) is 12.4. The summed E-state index contributed by atoms with van der Waals surface area (Å²) < 4.78 is 11.2. The number of carbonyl (C=O) groups is 2. The Morgan fingerprint density at radius 1 is 1.06 bits per heavy atom. The number of benzene rings is 2. The number of ether oxygens (including phenoxy) is 2. The van der Waals surface area contributed by atoms with Gasteiger partial charge in [0.05, 0.1) is 24.8 Å². The molecular formula is C28H32N2O5. The summed E-state index contributed by atoms with van der Waals surface area (Å²) in [5.74, 6) is -0.544. The lowest BCUT2D eigenvalue weighted by Crippen LogP contribution is -2.42. The summed E-state index contributed by atoms with van der Waals surface area (Å²) in [5, 5.41) is 11.4. The van der Waals surface area contributed by atoms with Gasteiger partial charge in [0.1, 0.15) is 17.6 Å². The average molecular weight is 477 g/mol. The van der Waals surface area contributed by atoms with E-state index < -0.39 is 17.7 Å². The van der Waals surface area contributed by atoms with E-state index in [0.29, 0.717) is 31.9 Å². The number of ketones is 1. The van der Waals surface area contributed by atoms with E-state index in [2.05, 4.69) is 11.8 Å². The zero-order valence-electron chi connectivity index (χ0n) is 20.3. The van der Waals surface area contributed by atoms with E-state index in [1.807, 2.05) is 43.3 Å². The molecule has 184 valence electrons. The van der Waals surface area contributed by atoms with Crippen LogP contribution in [0.5, 0.6) is 5.75 Å². The molecule has 2 aromatic rings. The predicted molar refractivity (Wildman–Crippen MR) is 132 cm³/mol. The highest BCUT2D eigenvalue weighted by Crippen LogP contribution is 2.40. The van der Waals surface area contributed by atoms with Crippen molar-refractivity contribution in [2.24, 2.45) is 0 Å². The van der Waals surface area contributed by atoms with Crippen LogP contribution in [0.15, 0.2) is 48.0 Å². The molecule has 0 bridgehead atoms. The number of morpholine rings is 1. The zero-order valence-corrected chi connectivity index (χ0v) is 20.3. The Labute approximate surface area is 205 Å². The molecule has 3 heterocycles. The van der Waals surface area contributed by atoms with Gasteiger partial charge in [-0.2, -0.15) is 0 Å². The Morgan fingerprint density at radius 2 is 1.80 bits per heavy atom. The van der Waals surface area contributed by atoms with Gasteiger partial charge in [0.15, 0.2) is 0 Å². The van der Waals surface area contributed by atoms with Crippen LogP contribution in [0.25, 0.3) is 5.76 Å². The van der Waals surface area contributed by atoms with Crippen molar-refractivity contribution in [2.75, 3.05) is 39.4 Å². The van der Waals surface area contributed by atoms with Gasteiger partial charge in [-0.05, 0) is 48.2 Å². The highest BCUT2D eigenvalue weighted by atomic mass is 16.5. The van der Waals surface area contributed by atoms with Crippen molar-refractivity contribution in [1.29, 1.82) is 0 Å². The Bertz CT molecular complexity index is 1150. The normalized spacial score (nSPS) is 24.0. The third-order valence-corrected chi connectivity index (χ3v) is 7.17. The van der Waals surface area contributed by atoms with Crippen LogP contribution >= 0.6 is 0 Å². The summed E-state index contributed by atoms with van der Waals surface area (Å²) in [6, 6.07) is 12.8. The number of hydrogen-bond donors (Lipinski definition) is 1. The van der Waals surface area contributed by atoms with Crippen LogP contribution in [0, 0.1) is 0 Å². The number of hydrogen-bond acceptors (Lipinski definition) is 6. The number of rotatable bonds is 6. The Hall–Kier alpha value is -3.16. The van der Waals surface area contributed by atoms with Crippen molar-refractivity contribution in [1.82, 2.24) is 9.80 Å². The number of aliphatic hydroxyl groups excluding tert-OH is 1. The average Bonchev–Trinajstić information content (AvgIpc) is 3.38. The minimum Gasteiger partial charge on any atom is -0.507 e. The molecule has 0 saturated carbocycles. The van der Waals surface area contributed by atoms with E-state index in [1.165, 1.54) is 5.56 Å². The summed E-state index contributed by atoms with van der Waals surface area (Å²) in [6.07, 6.45) is 1.71. The smallest absolute Gasteiger partial charge is 0.295 e. The molecule has 5 rings (SSSR count). The van der Waals surface area contributed by atoms with E-state index in [0.717, 1.165) is 42.8 Å². The second-order valence-corrected chi connectivity index (χ2v) is 9.50. The van der Waals surface area contributed by atoms with Gasteiger partial charge in [-0.25, -0.2) is 0 Å². The van der Waals surface area contributed by atoms with Crippen LogP contribution in [0.1, 0.15) is 42.1 Å². The molecule has 2 aromatic carbocycles. The largest absolute Gasteiger partial charge is 0.507 e. The Morgan fingerprint density at radius 3 is 2.51 bits per heavy atom. The molecule has 2 atom stereocenters. The minimum absolute atomic E-state index is 0.0743. The topological polar surface area (TPSA) is 79.3 Å². The maximum absolute atomic E-state index is 13.3. The van der Waals surface area contributed by atoms with Crippen molar-refractivity contribution in [3.8, 4) is 5.75 Å². The molecule has 1 amide bonds. The number of nitrogens with zero attached hydrogens (tertiary/aromatic N) is 2. The fourth-order valence-electron chi connectivity index (χ4n) is 5.19. The molecule has 0 radical (unpaired) electrons. The first kappa shape index (κ1) is 23.6. The number of fused-ring (bicyclic) bond motifs is 1. The standard InChI is InChI=1S/C28H32N2O5/c1-3-19-4-6-20(7-5-19)25-24(26(31)21-8-9-23-22(17-21)16-18(2)35-23)27(32)28(33)30(25)11-10-29-12-14-34-15-13-29/h4-9,17-18,25,31H,3,10-16H2,1-2H3/t18-,25+/m1/s1. The van der Waals surface area contributed by atoms with Gasteiger partial charge in [0.25, 0.3) is 11.7 Å². The summed E-state index contributed by atoms with van der Waals surface area (Å²) >= 11 is 0. The van der Waals surface area contributed by atoms with Crippen LogP contribution < -0.4 is 4.74 Å². The monoisotopic (exact) mass is 476 g/mol. The van der Waals surface area contributed by atoms with Crippen LogP contribution in [0.3, 0.4) is 0 Å². The van der Waals surface area contributed by atoms with E-state index in [-0.39, 0.29) is 17.4 Å². The van der Waals surface area contributed by atoms with Gasteiger partial charge in [-0.15, -0.1) is 0 Å². The second kappa shape index (κ2) is 9.84. The SMILES string of the molecule is CCc1ccc([C@H]2C(=C(O)c3ccc4c(c3)C[C@@H](C)O4)C(=O)C(=O)N2CCN2CCOCC2)cc1. The van der Waals surface area contributed by atoms with E-state index in [1.54, 1.807) is 11.0 Å². The summed E-state index contributed by atoms with van der Waals surface area (Å²) in [6.45, 7) is 8.07. The predicted octanol–water partition coefficient (Wildman–Crippen LogP) is 3.33. The first-order valence-electron chi connectivity index (χ1n) is 12.4. The molecule has 3 aliphatic heterocycles. The first-order chi connectivity index (χ1) is 17.0. The lowest BCUT2D eigenvalue weighted by Gasteiger charge is -2.31. The van der Waals surface area contributed by atoms with Gasteiger partial charge >= 0.3 is 0 Å². The summed E-state index contributed by atoms with van der Waals surface area (Å²) in [4.78, 5) is 30.4. The second-order valence-electron chi connectivity index (χ2n) is 9.50. The molecule has 7 heteroatoms. The molecule has 0 spiro atoms. The zero-order chi connectivity index (χ0) is 24.5. The molecule has 35 heavy (non-hydrogen) atoms. The van der Waals surface area contributed by atoms with E-state index in [4.69, 9.17) is 9.47 Å². The Balaban J connectivity index is 1.53. The van der Waals surface area contributed by atoms with Gasteiger partial charge in [-0.1, -0.05) is 31.2 Å². The highest BCUT2D eigenvalue weighted by molar-refractivity contribution is 6.46. The quantitative estimate of drug-likeness (QED) is 0.392. The molecule has 0 aliphatic carbocycles. The molecule has 1 N–H and O–H groups in total. The number of likely N-dealkylation sites (tertiary alicyclic amines) is 1. The van der Waals surface area contributed by atoms with Gasteiger partial charge in [0.2, 0.25) is 0 Å². The maximum Gasteiger partial charge on any atom is 0.295 e. The van der Waals surface area contributed by atoms with Gasteiger partial charge < -0.3 is 19.5 Å². The lowest BCUT2D eigenvalue weighted by molar-refractivity contribution is -0.140. The summed E-state index contributed by atoms with van der Waals surface area (Å²) in [7, 11) is 0. The molecule has 3 aliphatic rings. The van der Waals surface area contributed by atoms with Crippen molar-refractivity contribution >= 4 is 17.4 Å². The third kappa shape index (κ3) is 4.58. The number of aryl methyl sites for hydroxylation is 1. The molecule has 0 aromatic heterocycles. The fraction of sp³-hybridized carbons (Fsp3) is 0.429. The van der Waals surface area contributed by atoms with Gasteiger partial charge in [-0.3, -0.25) is 14.5 Å². The minimum atomic E-state index is -0.640. The van der Waals surface area contributed by atoms with E-state index >= 15 is 0 Å². The number of carbonyl (C=O) groups excluding carboxylic acids is 2. The number of amides is 1. The van der Waals surface area contributed by atoms with Crippen LogP contribution in [-0.4, -0.2) is 72.1 Å². The molecule has 0 unspecified atom stereocenters. The molecule has 2 fully saturated rings. The van der Waals surface area contributed by atoms with Crippen LogP contribution in [0.4, 0.5) is 0 Å². The lowest BCUT2D eigenvalue weighted by atomic mass is 9.93. The van der Waals surface area contributed by atoms with Crippen molar-refractivity contribution in [2.45, 2.75) is 38.8 Å². The molecular weight excluding hydrogens is 444 g/mol. The van der Waals surface area contributed by atoms with Crippen molar-refractivity contribution in [3.63, 3.8) is 0 Å². The van der Waals surface area contributed by atoms with Crippen LogP contribution in [0.2, 0.25) is 0 Å². The van der Waals surface area contributed by atoms with Crippen LogP contribution in [-0.2, 0) is 27.2 Å². The Kier molecular flexibility index (Phi) is 6.62. The fourth-order valence-corrected chi connectivity index (χ4v) is 5.19. The third-order valence-electron chi connectivity index (χ3n) is 7.17. The van der Waals surface area contributed by atoms with Crippen molar-refractivity contribution in [3.05, 3.63) is 70.3 Å². The summed E-state index contributed by atoms with van der Waals surface area (Å²) in [5.41, 5.74) is 3.66. The molecule has 2 saturated heterocycles. The van der Waals surface area contributed by atoms with E-state index in [9.17, 15) is 14.7 Å². The van der Waals surface area contributed by atoms with Crippen molar-refractivity contribution < 1.29 is 24.2 Å². The number of Topliss-reactive ketones (excluding diaryl/α,β-unsaturated/α-hetero) is 1. The highest BCUT2D eigenvalue weighted by Gasteiger charge is 2.46. The number of aliphatic hydroxyl groups is 1. The maximum atomic E-state index is 13.3. The molecule has 7 nitrogen and oxygen atoms in total. The van der Waals surface area contributed by atoms with Gasteiger partial charge in [0, 0.05) is 38.2 Å².